The van der Waals surface area contributed by atoms with Gasteiger partial charge in [-0.05, 0) is 56.6 Å². The van der Waals surface area contributed by atoms with Crippen LogP contribution in [0.1, 0.15) is 43.7 Å². The molecule has 6 heteroatoms. The highest BCUT2D eigenvalue weighted by Gasteiger charge is 2.35. The van der Waals surface area contributed by atoms with Crippen molar-refractivity contribution in [2.75, 3.05) is 13.1 Å². The second kappa shape index (κ2) is 5.66. The molecule has 1 unspecified atom stereocenters. The molecule has 0 amide bonds. The van der Waals surface area contributed by atoms with E-state index in [1.54, 1.807) is 11.3 Å². The van der Waals surface area contributed by atoms with Crippen LogP contribution in [0, 0.1) is 5.92 Å². The summed E-state index contributed by atoms with van der Waals surface area (Å²) in [6.07, 6.45) is 4.86. The number of aliphatic carboxylic acids is 1. The average molecular weight is 320 g/mol. The zero-order valence-corrected chi connectivity index (χ0v) is 13.2. The van der Waals surface area contributed by atoms with Crippen molar-refractivity contribution in [2.45, 2.75) is 44.1 Å². The number of thiophene rings is 1. The predicted molar refractivity (Wildman–Crippen MR) is 84.2 cm³/mol. The molecule has 2 aromatic rings. The number of piperidine rings is 1. The summed E-state index contributed by atoms with van der Waals surface area (Å²) < 4.78 is 6.59. The molecule has 0 aromatic carbocycles. The second-order valence-corrected chi connectivity index (χ2v) is 7.41. The average Bonchev–Trinajstić information content (AvgIpc) is 3.24. The SMILES string of the molecule is O=C(O)[C@@H]1CCC(N2CCC(c3noc4ccsc34)CC2)C1. The van der Waals surface area contributed by atoms with Crippen molar-refractivity contribution in [3.8, 4) is 0 Å². The minimum atomic E-state index is -0.625. The molecule has 2 aliphatic rings. The molecule has 2 fully saturated rings. The van der Waals surface area contributed by atoms with Crippen molar-refractivity contribution in [3.63, 3.8) is 0 Å². The van der Waals surface area contributed by atoms with Gasteiger partial charge in [0.05, 0.1) is 10.6 Å². The van der Waals surface area contributed by atoms with Crippen LogP contribution in [0.3, 0.4) is 0 Å². The fourth-order valence-electron chi connectivity index (χ4n) is 4.01. The van der Waals surface area contributed by atoms with Crippen LogP contribution in [-0.2, 0) is 4.79 Å². The number of carboxylic acid groups (broad SMARTS) is 1. The van der Waals surface area contributed by atoms with E-state index < -0.39 is 5.97 Å². The van der Waals surface area contributed by atoms with E-state index in [2.05, 4.69) is 15.4 Å². The van der Waals surface area contributed by atoms with Crippen molar-refractivity contribution < 1.29 is 14.4 Å². The Morgan fingerprint density at radius 3 is 2.86 bits per heavy atom. The van der Waals surface area contributed by atoms with Crippen molar-refractivity contribution >= 4 is 27.6 Å². The molecule has 2 aromatic heterocycles. The van der Waals surface area contributed by atoms with Gasteiger partial charge in [-0.3, -0.25) is 4.79 Å². The van der Waals surface area contributed by atoms with Gasteiger partial charge in [-0.2, -0.15) is 0 Å². The lowest BCUT2D eigenvalue weighted by Crippen LogP contribution is -2.40. The lowest BCUT2D eigenvalue weighted by atomic mass is 9.92. The first-order chi connectivity index (χ1) is 10.7. The summed E-state index contributed by atoms with van der Waals surface area (Å²) in [5.41, 5.74) is 2.03. The molecular weight excluding hydrogens is 300 g/mol. The van der Waals surface area contributed by atoms with Gasteiger partial charge in [0.15, 0.2) is 5.58 Å². The van der Waals surface area contributed by atoms with E-state index in [0.29, 0.717) is 12.0 Å². The lowest BCUT2D eigenvalue weighted by Gasteiger charge is -2.35. The minimum Gasteiger partial charge on any atom is -0.481 e. The summed E-state index contributed by atoms with van der Waals surface area (Å²) in [5, 5.41) is 15.5. The lowest BCUT2D eigenvalue weighted by molar-refractivity contribution is -0.141. The zero-order chi connectivity index (χ0) is 15.1. The molecule has 0 bridgehead atoms. The summed E-state index contributed by atoms with van der Waals surface area (Å²) in [6, 6.07) is 2.44. The minimum absolute atomic E-state index is 0.135. The molecule has 1 aliphatic carbocycles. The molecule has 1 saturated carbocycles. The van der Waals surface area contributed by atoms with Gasteiger partial charge < -0.3 is 14.5 Å². The maximum atomic E-state index is 11.1. The number of hydrogen-bond donors (Lipinski definition) is 1. The Hall–Kier alpha value is -1.40. The van der Waals surface area contributed by atoms with Crippen LogP contribution in [0.25, 0.3) is 10.3 Å². The molecule has 118 valence electrons. The third-order valence-electron chi connectivity index (χ3n) is 5.29. The van der Waals surface area contributed by atoms with Gasteiger partial charge in [-0.1, -0.05) is 5.16 Å². The standard InChI is InChI=1S/C16H20N2O3S/c19-16(20)11-1-2-12(9-11)18-6-3-10(4-7-18)14-15-13(21-17-14)5-8-22-15/h5,8,10-12H,1-4,6-7,9H2,(H,19,20)/t11-,12?/m1/s1. The van der Waals surface area contributed by atoms with Crippen LogP contribution >= 0.6 is 11.3 Å². The van der Waals surface area contributed by atoms with E-state index >= 15 is 0 Å². The number of nitrogens with zero attached hydrogens (tertiary/aromatic N) is 2. The van der Waals surface area contributed by atoms with E-state index in [1.165, 1.54) is 4.70 Å². The number of carboxylic acids is 1. The molecule has 22 heavy (non-hydrogen) atoms. The Kier molecular flexibility index (Phi) is 3.66. The Morgan fingerprint density at radius 2 is 2.14 bits per heavy atom. The van der Waals surface area contributed by atoms with Gasteiger partial charge in [0, 0.05) is 12.0 Å². The quantitative estimate of drug-likeness (QED) is 0.939. The van der Waals surface area contributed by atoms with E-state index in [9.17, 15) is 4.79 Å². The molecule has 4 rings (SSSR count). The van der Waals surface area contributed by atoms with Gasteiger partial charge in [0.2, 0.25) is 0 Å². The number of hydrogen-bond acceptors (Lipinski definition) is 5. The van der Waals surface area contributed by atoms with Gasteiger partial charge in [-0.25, -0.2) is 0 Å². The summed E-state index contributed by atoms with van der Waals surface area (Å²) in [7, 11) is 0. The normalized spacial score (nSPS) is 27.6. The van der Waals surface area contributed by atoms with E-state index in [4.69, 9.17) is 9.63 Å². The number of likely N-dealkylation sites (tertiary alicyclic amines) is 1. The van der Waals surface area contributed by atoms with Crippen LogP contribution in [0.2, 0.25) is 0 Å². The van der Waals surface area contributed by atoms with Crippen LogP contribution < -0.4 is 0 Å². The summed E-state index contributed by atoms with van der Waals surface area (Å²) in [4.78, 5) is 13.6. The highest BCUT2D eigenvalue weighted by atomic mass is 32.1. The Labute approximate surface area is 132 Å². The highest BCUT2D eigenvalue weighted by Crippen LogP contribution is 2.37. The topological polar surface area (TPSA) is 66.6 Å². The molecule has 5 nitrogen and oxygen atoms in total. The van der Waals surface area contributed by atoms with Gasteiger partial charge in [0.1, 0.15) is 5.69 Å². The Balaban J connectivity index is 1.39. The van der Waals surface area contributed by atoms with E-state index in [0.717, 1.165) is 56.5 Å². The third-order valence-corrected chi connectivity index (χ3v) is 6.21. The highest BCUT2D eigenvalue weighted by molar-refractivity contribution is 7.17. The van der Waals surface area contributed by atoms with E-state index in [1.807, 2.05) is 6.07 Å². The largest absolute Gasteiger partial charge is 0.481 e. The summed E-state index contributed by atoms with van der Waals surface area (Å²) in [6.45, 7) is 2.09. The van der Waals surface area contributed by atoms with Crippen LogP contribution in [0.15, 0.2) is 16.0 Å². The first-order valence-electron chi connectivity index (χ1n) is 8.02. The van der Waals surface area contributed by atoms with Gasteiger partial charge >= 0.3 is 5.97 Å². The molecule has 2 atom stereocenters. The van der Waals surface area contributed by atoms with Crippen molar-refractivity contribution in [1.29, 1.82) is 0 Å². The fraction of sp³-hybridized carbons (Fsp3) is 0.625. The van der Waals surface area contributed by atoms with Crippen LogP contribution in [0.5, 0.6) is 0 Å². The number of carbonyl (C=O) groups is 1. The molecule has 3 heterocycles. The maximum absolute atomic E-state index is 11.1. The number of rotatable bonds is 3. The predicted octanol–water partition coefficient (Wildman–Crippen LogP) is 3.32. The Morgan fingerprint density at radius 1 is 1.32 bits per heavy atom. The van der Waals surface area contributed by atoms with Crippen molar-refractivity contribution in [1.82, 2.24) is 10.1 Å². The third kappa shape index (κ3) is 2.44. The Bertz CT molecular complexity index is 672. The summed E-state index contributed by atoms with van der Waals surface area (Å²) >= 11 is 1.71. The summed E-state index contributed by atoms with van der Waals surface area (Å²) in [5.74, 6) is -0.281. The number of fused-ring (bicyclic) bond motifs is 1. The molecule has 0 spiro atoms. The molecule has 1 saturated heterocycles. The molecule has 0 radical (unpaired) electrons. The monoisotopic (exact) mass is 320 g/mol. The fourth-order valence-corrected chi connectivity index (χ4v) is 4.88. The first kappa shape index (κ1) is 14.2. The molecular formula is C16H20N2O3S. The smallest absolute Gasteiger partial charge is 0.306 e. The zero-order valence-electron chi connectivity index (χ0n) is 12.4. The van der Waals surface area contributed by atoms with Gasteiger partial charge in [-0.15, -0.1) is 11.3 Å². The molecule has 1 N–H and O–H groups in total. The van der Waals surface area contributed by atoms with Crippen LogP contribution in [-0.4, -0.2) is 40.3 Å². The molecule has 1 aliphatic heterocycles. The van der Waals surface area contributed by atoms with Crippen LogP contribution in [0.4, 0.5) is 0 Å². The number of aromatic nitrogens is 1. The van der Waals surface area contributed by atoms with Crippen molar-refractivity contribution in [3.05, 3.63) is 17.1 Å². The van der Waals surface area contributed by atoms with Gasteiger partial charge in [0.25, 0.3) is 0 Å². The van der Waals surface area contributed by atoms with Crippen molar-refractivity contribution in [2.24, 2.45) is 5.92 Å². The second-order valence-electron chi connectivity index (χ2n) is 6.49. The first-order valence-corrected chi connectivity index (χ1v) is 8.90. The van der Waals surface area contributed by atoms with E-state index in [-0.39, 0.29) is 5.92 Å². The maximum Gasteiger partial charge on any atom is 0.306 e.